The van der Waals surface area contributed by atoms with Gasteiger partial charge in [0.05, 0.1) is 112 Å². The minimum atomic E-state index is -0.0426. The number of carbonyl (C=O) groups is 1. The molecule has 280 valence electrons. The topological polar surface area (TPSA) is 131 Å². The van der Waals surface area contributed by atoms with Gasteiger partial charge in [-0.2, -0.15) is 0 Å². The van der Waals surface area contributed by atoms with Gasteiger partial charge in [0.25, 0.3) is 0 Å². The van der Waals surface area contributed by atoms with Gasteiger partial charge in [0.15, 0.2) is 5.78 Å². The highest BCUT2D eigenvalue weighted by atomic mass is 16.6. The molecule has 0 unspecified atom stereocenters. The summed E-state index contributed by atoms with van der Waals surface area (Å²) in [5.41, 5.74) is 2.03. The van der Waals surface area contributed by atoms with Crippen LogP contribution >= 0.6 is 0 Å². The Bertz CT molecular complexity index is 1080. The first-order valence-corrected chi connectivity index (χ1v) is 17.5. The molecule has 0 aliphatic rings. The SMILES string of the molecule is CC(C)C(=O)COc1ccc(-c2cn(CCOCCOCCOCCOCCOCCOCCOCCOCCCC(C)(C)C)nn2)cc1. The highest BCUT2D eigenvalue weighted by molar-refractivity contribution is 5.81. The lowest BCUT2D eigenvalue weighted by Crippen LogP contribution is -2.16. The van der Waals surface area contributed by atoms with Crippen LogP contribution in [0.15, 0.2) is 30.5 Å². The van der Waals surface area contributed by atoms with Crippen molar-refractivity contribution in [3.8, 4) is 17.0 Å². The maximum atomic E-state index is 11.7. The summed E-state index contributed by atoms with van der Waals surface area (Å²) >= 11 is 0. The van der Waals surface area contributed by atoms with Gasteiger partial charge in [0, 0.05) is 18.1 Å². The van der Waals surface area contributed by atoms with Crippen LogP contribution in [0.3, 0.4) is 0 Å². The molecule has 1 aromatic carbocycles. The summed E-state index contributed by atoms with van der Waals surface area (Å²) in [7, 11) is 0. The molecule has 13 heteroatoms. The second-order valence-electron chi connectivity index (χ2n) is 12.9. The van der Waals surface area contributed by atoms with Gasteiger partial charge in [-0.3, -0.25) is 4.79 Å². The smallest absolute Gasteiger partial charge is 0.172 e. The predicted molar refractivity (Wildman–Crippen MR) is 186 cm³/mol. The Morgan fingerprint density at radius 2 is 1.08 bits per heavy atom. The van der Waals surface area contributed by atoms with Crippen molar-refractivity contribution in [2.24, 2.45) is 11.3 Å². The Balaban J connectivity index is 1.28. The Morgan fingerprint density at radius 1 is 0.653 bits per heavy atom. The Morgan fingerprint density at radius 3 is 1.51 bits per heavy atom. The lowest BCUT2D eigenvalue weighted by atomic mass is 9.91. The van der Waals surface area contributed by atoms with E-state index in [1.54, 1.807) is 4.68 Å². The van der Waals surface area contributed by atoms with Crippen molar-refractivity contribution in [1.29, 1.82) is 0 Å². The molecule has 0 saturated heterocycles. The number of carbonyl (C=O) groups excluding carboxylic acids is 1. The fourth-order valence-electron chi connectivity index (χ4n) is 4.09. The maximum Gasteiger partial charge on any atom is 0.172 e. The molecule has 0 fully saturated rings. The quantitative estimate of drug-likeness (QED) is 0.0999. The van der Waals surface area contributed by atoms with Gasteiger partial charge >= 0.3 is 0 Å². The van der Waals surface area contributed by atoms with E-state index in [1.165, 1.54) is 0 Å². The van der Waals surface area contributed by atoms with E-state index < -0.39 is 0 Å². The van der Waals surface area contributed by atoms with Gasteiger partial charge < -0.3 is 42.6 Å². The highest BCUT2D eigenvalue weighted by Crippen LogP contribution is 2.21. The standard InChI is InChI=1S/C36H61N3O10/c1-31(2)35(40)30-49-33-9-7-32(8-10-33)34-29-39(38-37-34)12-14-42-16-18-44-20-22-46-24-26-48-28-27-47-25-23-45-21-19-43-17-15-41-13-6-11-36(3,4)5/h7-10,29,31H,6,11-28,30H2,1-5H3. The Labute approximate surface area is 293 Å². The number of ketones is 1. The third-order valence-corrected chi connectivity index (χ3v) is 7.00. The van der Waals surface area contributed by atoms with E-state index in [4.69, 9.17) is 42.6 Å². The first-order chi connectivity index (χ1) is 23.7. The zero-order chi connectivity index (χ0) is 35.4. The number of hydrogen-bond donors (Lipinski definition) is 0. The Hall–Kier alpha value is -2.49. The fourth-order valence-corrected chi connectivity index (χ4v) is 4.09. The average molecular weight is 696 g/mol. The van der Waals surface area contributed by atoms with E-state index in [0.29, 0.717) is 117 Å². The van der Waals surface area contributed by atoms with E-state index in [-0.39, 0.29) is 18.3 Å². The van der Waals surface area contributed by atoms with Crippen molar-refractivity contribution >= 4 is 5.78 Å². The summed E-state index contributed by atoms with van der Waals surface area (Å²) < 4.78 is 51.6. The summed E-state index contributed by atoms with van der Waals surface area (Å²) in [6.07, 6.45) is 4.11. The van der Waals surface area contributed by atoms with E-state index in [9.17, 15) is 4.79 Å². The molecule has 2 rings (SSSR count). The number of Topliss-reactive ketones (excluding diaryl/α,β-unsaturated/α-hetero) is 1. The zero-order valence-corrected chi connectivity index (χ0v) is 30.5. The molecule has 0 atom stereocenters. The summed E-state index contributed by atoms with van der Waals surface area (Å²) in [4.78, 5) is 11.7. The Kier molecular flexibility index (Phi) is 23.7. The molecular weight excluding hydrogens is 634 g/mol. The molecular formula is C36H61N3O10. The van der Waals surface area contributed by atoms with Crippen LogP contribution in [-0.2, 0) is 49.2 Å². The first-order valence-electron chi connectivity index (χ1n) is 17.5. The number of benzene rings is 1. The third kappa shape index (κ3) is 23.5. The number of nitrogens with zero attached hydrogens (tertiary/aromatic N) is 3. The van der Waals surface area contributed by atoms with Crippen LogP contribution in [0.25, 0.3) is 11.3 Å². The van der Waals surface area contributed by atoms with Crippen molar-refractivity contribution in [1.82, 2.24) is 15.0 Å². The molecule has 0 radical (unpaired) electrons. The van der Waals surface area contributed by atoms with Gasteiger partial charge in [-0.15, -0.1) is 5.10 Å². The molecule has 0 spiro atoms. The largest absolute Gasteiger partial charge is 0.486 e. The van der Waals surface area contributed by atoms with Crippen LogP contribution in [0.2, 0.25) is 0 Å². The summed E-state index contributed by atoms with van der Waals surface area (Å²) in [6.45, 7) is 19.8. The normalized spacial score (nSPS) is 11.9. The molecule has 1 aromatic heterocycles. The van der Waals surface area contributed by atoms with Crippen LogP contribution in [0.5, 0.6) is 5.75 Å². The van der Waals surface area contributed by atoms with E-state index in [1.807, 2.05) is 44.3 Å². The fraction of sp³-hybridized carbons (Fsp3) is 0.750. The van der Waals surface area contributed by atoms with Crippen molar-refractivity contribution in [3.05, 3.63) is 30.5 Å². The van der Waals surface area contributed by atoms with Gasteiger partial charge in [-0.1, -0.05) is 39.8 Å². The van der Waals surface area contributed by atoms with Crippen LogP contribution < -0.4 is 4.74 Å². The van der Waals surface area contributed by atoms with Gasteiger partial charge in [-0.05, 0) is 42.5 Å². The minimum Gasteiger partial charge on any atom is -0.486 e. The molecule has 2 aromatic rings. The molecule has 13 nitrogen and oxygen atoms in total. The number of hydrogen-bond acceptors (Lipinski definition) is 12. The molecule has 49 heavy (non-hydrogen) atoms. The van der Waals surface area contributed by atoms with Crippen LogP contribution in [0.1, 0.15) is 47.5 Å². The highest BCUT2D eigenvalue weighted by Gasteiger charge is 2.10. The van der Waals surface area contributed by atoms with Gasteiger partial charge in [0.1, 0.15) is 18.1 Å². The summed E-state index contributed by atoms with van der Waals surface area (Å²) in [6, 6.07) is 7.45. The first kappa shape index (κ1) is 42.7. The predicted octanol–water partition coefficient (Wildman–Crippen LogP) is 4.51. The number of rotatable bonds is 32. The van der Waals surface area contributed by atoms with Crippen LogP contribution in [0.4, 0.5) is 0 Å². The van der Waals surface area contributed by atoms with Crippen molar-refractivity contribution < 1.29 is 47.4 Å². The number of ether oxygens (including phenoxy) is 9. The molecule has 0 aliphatic carbocycles. The summed E-state index contributed by atoms with van der Waals surface area (Å²) in [5.74, 6) is 0.675. The lowest BCUT2D eigenvalue weighted by molar-refractivity contribution is -0.123. The van der Waals surface area contributed by atoms with Crippen molar-refractivity contribution in [3.63, 3.8) is 0 Å². The maximum absolute atomic E-state index is 11.7. The average Bonchev–Trinajstić information content (AvgIpc) is 3.55. The molecule has 0 amide bonds. The number of aromatic nitrogens is 3. The second-order valence-corrected chi connectivity index (χ2v) is 12.9. The second kappa shape index (κ2) is 27.3. The third-order valence-electron chi connectivity index (χ3n) is 7.00. The summed E-state index contributed by atoms with van der Waals surface area (Å²) in [5, 5.41) is 8.39. The van der Waals surface area contributed by atoms with Crippen molar-refractivity contribution in [2.45, 2.75) is 54.0 Å². The van der Waals surface area contributed by atoms with E-state index in [0.717, 1.165) is 30.7 Å². The lowest BCUT2D eigenvalue weighted by Gasteiger charge is -2.17. The van der Waals surface area contributed by atoms with E-state index in [2.05, 4.69) is 31.1 Å². The van der Waals surface area contributed by atoms with Gasteiger partial charge in [0.2, 0.25) is 0 Å². The molecule has 1 heterocycles. The van der Waals surface area contributed by atoms with Gasteiger partial charge in [-0.25, -0.2) is 4.68 Å². The molecule has 0 aliphatic heterocycles. The van der Waals surface area contributed by atoms with Crippen LogP contribution in [-0.4, -0.2) is 133 Å². The molecule has 0 bridgehead atoms. The van der Waals surface area contributed by atoms with Crippen molar-refractivity contribution in [2.75, 3.05) is 112 Å². The van der Waals surface area contributed by atoms with Crippen LogP contribution in [0, 0.1) is 11.3 Å². The molecule has 0 saturated carbocycles. The van der Waals surface area contributed by atoms with E-state index >= 15 is 0 Å². The zero-order valence-electron chi connectivity index (χ0n) is 30.5. The monoisotopic (exact) mass is 695 g/mol. The molecule has 0 N–H and O–H groups in total. The minimum absolute atomic E-state index is 0.0426.